The first-order valence-electron chi connectivity index (χ1n) is 4.28. The number of halogens is 7. The highest BCUT2D eigenvalue weighted by Gasteiger charge is 2.46. The molecule has 4 nitrogen and oxygen atoms in total. The zero-order valence-electron chi connectivity index (χ0n) is 8.56. The Balaban J connectivity index is 3.82. The van der Waals surface area contributed by atoms with Crippen LogP contribution in [0.3, 0.4) is 0 Å². The predicted octanol–water partition coefficient (Wildman–Crippen LogP) is 3.87. The van der Waals surface area contributed by atoms with Crippen LogP contribution in [-0.2, 0) is 12.4 Å². The lowest BCUT2D eigenvalue weighted by Gasteiger charge is -2.15. The van der Waals surface area contributed by atoms with Gasteiger partial charge in [0.05, 0.1) is 15.5 Å². The van der Waals surface area contributed by atoms with Gasteiger partial charge in [0.2, 0.25) is 0 Å². The van der Waals surface area contributed by atoms with Crippen molar-refractivity contribution in [2.75, 3.05) is 5.73 Å². The number of nitrogens with zero attached hydrogens (tertiary/aromatic N) is 1. The SMILES string of the molecule is Nc1c(C(F)(F)F)cc(Cl)c(C(F)(F)F)c1[N+](=O)[O-]. The van der Waals surface area contributed by atoms with Crippen LogP contribution in [0, 0.1) is 10.1 Å². The van der Waals surface area contributed by atoms with Crippen molar-refractivity contribution in [2.45, 2.75) is 12.4 Å². The van der Waals surface area contributed by atoms with Crippen LogP contribution in [0.2, 0.25) is 5.02 Å². The molecule has 0 saturated carbocycles. The topological polar surface area (TPSA) is 69.2 Å². The smallest absolute Gasteiger partial charge is 0.393 e. The van der Waals surface area contributed by atoms with Crippen molar-refractivity contribution in [3.8, 4) is 0 Å². The number of hydrogen-bond acceptors (Lipinski definition) is 3. The maximum Gasteiger partial charge on any atom is 0.424 e. The van der Waals surface area contributed by atoms with Crippen LogP contribution >= 0.6 is 11.6 Å². The maximum absolute atomic E-state index is 12.6. The minimum Gasteiger partial charge on any atom is -0.393 e. The minimum atomic E-state index is -5.31. The average Bonchev–Trinajstić information content (AvgIpc) is 2.16. The number of benzene rings is 1. The summed E-state index contributed by atoms with van der Waals surface area (Å²) in [6.07, 6.45) is -10.5. The van der Waals surface area contributed by atoms with Gasteiger partial charge in [0.15, 0.2) is 5.56 Å². The van der Waals surface area contributed by atoms with E-state index in [-0.39, 0.29) is 6.07 Å². The lowest BCUT2D eigenvalue weighted by molar-refractivity contribution is -0.387. The molecule has 0 heterocycles. The fourth-order valence-electron chi connectivity index (χ4n) is 1.35. The van der Waals surface area contributed by atoms with Gasteiger partial charge in [-0.05, 0) is 6.07 Å². The molecular formula is C8H3ClF6N2O2. The van der Waals surface area contributed by atoms with Crippen molar-refractivity contribution in [3.63, 3.8) is 0 Å². The number of nitrogen functional groups attached to an aromatic ring is 1. The van der Waals surface area contributed by atoms with Crippen molar-refractivity contribution in [1.29, 1.82) is 0 Å². The van der Waals surface area contributed by atoms with Crippen LogP contribution < -0.4 is 5.73 Å². The standard InChI is InChI=1S/C8H3ClF6N2O2/c9-3-1-2(7(10,11)12)5(16)6(17(18)19)4(3)8(13,14)15/h1H,16H2. The van der Waals surface area contributed by atoms with E-state index in [2.05, 4.69) is 0 Å². The molecule has 1 aromatic rings. The van der Waals surface area contributed by atoms with Crippen molar-refractivity contribution < 1.29 is 31.3 Å². The first-order chi connectivity index (χ1) is 8.37. The van der Waals surface area contributed by atoms with E-state index < -0.39 is 44.8 Å². The second-order valence-electron chi connectivity index (χ2n) is 3.30. The highest BCUT2D eigenvalue weighted by Crippen LogP contribution is 2.48. The van der Waals surface area contributed by atoms with E-state index in [1.807, 2.05) is 0 Å². The van der Waals surface area contributed by atoms with E-state index in [0.717, 1.165) is 0 Å². The number of nitro benzene ring substituents is 1. The zero-order valence-corrected chi connectivity index (χ0v) is 9.32. The summed E-state index contributed by atoms with van der Waals surface area (Å²) in [7, 11) is 0. The molecule has 0 fully saturated rings. The molecule has 0 aliphatic carbocycles. The molecule has 0 aromatic heterocycles. The molecule has 0 spiro atoms. The largest absolute Gasteiger partial charge is 0.424 e. The highest BCUT2D eigenvalue weighted by atomic mass is 35.5. The first kappa shape index (κ1) is 15.3. The van der Waals surface area contributed by atoms with Crippen molar-refractivity contribution >= 4 is 23.0 Å². The fourth-order valence-corrected chi connectivity index (χ4v) is 1.65. The monoisotopic (exact) mass is 308 g/mol. The van der Waals surface area contributed by atoms with Gasteiger partial charge in [-0.3, -0.25) is 10.1 Å². The molecule has 0 amide bonds. The van der Waals surface area contributed by atoms with Gasteiger partial charge in [-0.1, -0.05) is 11.6 Å². The molecule has 0 aliphatic rings. The van der Waals surface area contributed by atoms with Crippen LogP contribution in [0.15, 0.2) is 6.07 Å². The van der Waals surface area contributed by atoms with Crippen LogP contribution in [0.1, 0.15) is 11.1 Å². The number of nitrogens with two attached hydrogens (primary N) is 1. The molecule has 0 radical (unpaired) electrons. The van der Waals surface area contributed by atoms with Crippen molar-refractivity contribution in [3.05, 3.63) is 32.3 Å². The zero-order chi connectivity index (χ0) is 15.2. The molecule has 19 heavy (non-hydrogen) atoms. The maximum atomic E-state index is 12.6. The Labute approximate surface area is 105 Å². The molecule has 0 aliphatic heterocycles. The molecule has 2 N–H and O–H groups in total. The van der Waals surface area contributed by atoms with E-state index >= 15 is 0 Å². The van der Waals surface area contributed by atoms with E-state index in [1.165, 1.54) is 0 Å². The van der Waals surface area contributed by atoms with E-state index in [1.54, 1.807) is 0 Å². The van der Waals surface area contributed by atoms with Crippen molar-refractivity contribution in [2.24, 2.45) is 0 Å². The van der Waals surface area contributed by atoms with Gasteiger partial charge >= 0.3 is 18.0 Å². The number of nitro groups is 1. The summed E-state index contributed by atoms with van der Waals surface area (Å²) in [6, 6.07) is -0.0906. The molecule has 1 rings (SSSR count). The van der Waals surface area contributed by atoms with Gasteiger partial charge in [-0.25, -0.2) is 0 Å². The Morgan fingerprint density at radius 1 is 1.16 bits per heavy atom. The lowest BCUT2D eigenvalue weighted by Crippen LogP contribution is -2.16. The van der Waals surface area contributed by atoms with E-state index in [4.69, 9.17) is 17.3 Å². The summed E-state index contributed by atoms with van der Waals surface area (Å²) in [5.41, 5.74) is -2.53. The molecule has 11 heteroatoms. The average molecular weight is 309 g/mol. The van der Waals surface area contributed by atoms with Crippen LogP contribution in [0.4, 0.5) is 37.7 Å². The third-order valence-corrected chi connectivity index (χ3v) is 2.36. The molecule has 106 valence electrons. The normalized spacial score (nSPS) is 12.6. The Kier molecular flexibility index (Phi) is 3.59. The fraction of sp³-hybridized carbons (Fsp3) is 0.250. The Hall–Kier alpha value is -1.71. The summed E-state index contributed by atoms with van der Waals surface area (Å²) in [5, 5.41) is 9.08. The lowest BCUT2D eigenvalue weighted by atomic mass is 10.1. The third kappa shape index (κ3) is 2.83. The van der Waals surface area contributed by atoms with Gasteiger partial charge < -0.3 is 5.73 Å². The Bertz CT molecular complexity index is 540. The van der Waals surface area contributed by atoms with Crippen LogP contribution in [-0.4, -0.2) is 4.92 Å². The van der Waals surface area contributed by atoms with Crippen LogP contribution in [0.5, 0.6) is 0 Å². The second kappa shape index (κ2) is 4.44. The van der Waals surface area contributed by atoms with Gasteiger partial charge in [0.1, 0.15) is 5.69 Å². The minimum absolute atomic E-state index is 0.0906. The predicted molar refractivity (Wildman–Crippen MR) is 52.5 cm³/mol. The number of hydrogen-bond donors (Lipinski definition) is 1. The number of rotatable bonds is 1. The molecule has 0 saturated heterocycles. The summed E-state index contributed by atoms with van der Waals surface area (Å²) < 4.78 is 75.0. The molecule has 0 unspecified atom stereocenters. The second-order valence-corrected chi connectivity index (χ2v) is 3.70. The highest BCUT2D eigenvalue weighted by molar-refractivity contribution is 6.32. The van der Waals surface area contributed by atoms with E-state index in [9.17, 15) is 36.5 Å². The number of alkyl halides is 6. The van der Waals surface area contributed by atoms with Gasteiger partial charge in [-0.15, -0.1) is 0 Å². The number of anilines is 1. The Morgan fingerprint density at radius 3 is 1.95 bits per heavy atom. The summed E-state index contributed by atoms with van der Waals surface area (Å²) in [4.78, 5) is 8.87. The summed E-state index contributed by atoms with van der Waals surface area (Å²) >= 11 is 5.06. The molecule has 1 aromatic carbocycles. The molecule has 0 bridgehead atoms. The Morgan fingerprint density at radius 2 is 1.63 bits per heavy atom. The molecular weight excluding hydrogens is 306 g/mol. The summed E-state index contributed by atoms with van der Waals surface area (Å²) in [6.45, 7) is 0. The van der Waals surface area contributed by atoms with Crippen molar-refractivity contribution in [1.82, 2.24) is 0 Å². The van der Waals surface area contributed by atoms with E-state index in [0.29, 0.717) is 0 Å². The molecule has 0 atom stereocenters. The van der Waals surface area contributed by atoms with Gasteiger partial charge in [0.25, 0.3) is 0 Å². The third-order valence-electron chi connectivity index (χ3n) is 2.06. The quantitative estimate of drug-likeness (QED) is 0.370. The summed E-state index contributed by atoms with van der Waals surface area (Å²) in [5.74, 6) is 0. The van der Waals surface area contributed by atoms with Crippen LogP contribution in [0.25, 0.3) is 0 Å². The van der Waals surface area contributed by atoms with Gasteiger partial charge in [0, 0.05) is 0 Å². The first-order valence-corrected chi connectivity index (χ1v) is 4.66. The van der Waals surface area contributed by atoms with Gasteiger partial charge in [-0.2, -0.15) is 26.3 Å².